The molecule has 0 aromatic carbocycles. The van der Waals surface area contributed by atoms with Gasteiger partial charge in [0.15, 0.2) is 0 Å². The van der Waals surface area contributed by atoms with E-state index in [1.54, 1.807) is 0 Å². The molecule has 0 heterocycles. The molecule has 0 fully saturated rings. The molecule has 0 amide bonds. The van der Waals surface area contributed by atoms with Gasteiger partial charge in [-0.1, -0.05) is 76.2 Å². The Kier molecular flexibility index (Phi) is 8.44. The second kappa shape index (κ2) is 8.44. The third-order valence-electron chi connectivity index (χ3n) is 7.08. The average molecular weight is 283 g/mol. The smallest absolute Gasteiger partial charge is 0.0386 e. The Balaban J connectivity index is 4.75. The van der Waals surface area contributed by atoms with Crippen molar-refractivity contribution in [2.45, 2.75) is 76.2 Å². The second-order valence-corrected chi connectivity index (χ2v) is 8.50. The molecule has 0 aliphatic rings. The van der Waals surface area contributed by atoms with E-state index in [0.717, 1.165) is 53.3 Å². The molecular weight excluding hydrogens is 240 g/mol. The van der Waals surface area contributed by atoms with Crippen LogP contribution in [0.2, 0.25) is 0 Å². The highest BCUT2D eigenvalue weighted by Crippen LogP contribution is 2.39. The molecule has 0 nitrogen and oxygen atoms in total. The lowest BCUT2D eigenvalue weighted by Gasteiger charge is -2.39. The van der Waals surface area contributed by atoms with Crippen molar-refractivity contribution in [1.29, 1.82) is 0 Å². The van der Waals surface area contributed by atoms with Crippen LogP contribution in [0, 0.1) is 53.3 Å². The maximum absolute atomic E-state index is 2.49. The minimum atomic E-state index is 0.793. The first-order valence-electron chi connectivity index (χ1n) is 9.02. The Bertz CT molecular complexity index is 227. The normalized spacial score (nSPS) is 23.2. The van der Waals surface area contributed by atoms with Gasteiger partial charge in [0.05, 0.1) is 0 Å². The van der Waals surface area contributed by atoms with Crippen molar-refractivity contribution in [3.63, 3.8) is 0 Å². The van der Waals surface area contributed by atoms with E-state index in [9.17, 15) is 0 Å². The fourth-order valence-corrected chi connectivity index (χ4v) is 3.61. The lowest BCUT2D eigenvalue weighted by molar-refractivity contribution is 0.0954. The van der Waals surface area contributed by atoms with Crippen molar-refractivity contribution in [3.05, 3.63) is 0 Å². The van der Waals surface area contributed by atoms with Gasteiger partial charge in [-0.25, -0.2) is 0 Å². The van der Waals surface area contributed by atoms with E-state index in [1.165, 1.54) is 0 Å². The first kappa shape index (κ1) is 20.0. The summed E-state index contributed by atoms with van der Waals surface area (Å²) in [6.45, 7) is 26.7. The van der Waals surface area contributed by atoms with Gasteiger partial charge in [0, 0.05) is 0 Å². The second-order valence-electron chi connectivity index (χ2n) is 8.50. The first-order valence-corrected chi connectivity index (χ1v) is 9.02. The fraction of sp³-hybridized carbons (Fsp3) is 1.00. The summed E-state index contributed by atoms with van der Waals surface area (Å²) >= 11 is 0. The summed E-state index contributed by atoms with van der Waals surface area (Å²) in [5, 5.41) is 0. The topological polar surface area (TPSA) is 0 Å². The summed E-state index contributed by atoms with van der Waals surface area (Å²) in [7, 11) is 0. The van der Waals surface area contributed by atoms with Crippen molar-refractivity contribution >= 4 is 0 Å². The first-order chi connectivity index (χ1) is 9.02. The highest BCUT2D eigenvalue weighted by molar-refractivity contribution is 4.81. The van der Waals surface area contributed by atoms with Gasteiger partial charge in [0.2, 0.25) is 0 Å². The van der Waals surface area contributed by atoms with Crippen LogP contribution < -0.4 is 0 Å². The zero-order chi connectivity index (χ0) is 16.2. The van der Waals surface area contributed by atoms with Gasteiger partial charge in [-0.3, -0.25) is 0 Å². The summed E-state index contributed by atoms with van der Waals surface area (Å²) < 4.78 is 0. The van der Waals surface area contributed by atoms with Crippen molar-refractivity contribution in [2.75, 3.05) is 0 Å². The summed E-state index contributed by atoms with van der Waals surface area (Å²) in [6, 6.07) is 0. The molecule has 122 valence electrons. The third-order valence-corrected chi connectivity index (χ3v) is 7.08. The molecule has 0 aromatic rings. The zero-order valence-electron chi connectivity index (χ0n) is 16.2. The van der Waals surface area contributed by atoms with Crippen molar-refractivity contribution in [2.24, 2.45) is 53.3 Å². The van der Waals surface area contributed by atoms with Crippen molar-refractivity contribution in [3.8, 4) is 0 Å². The van der Waals surface area contributed by atoms with Gasteiger partial charge >= 0.3 is 0 Å². The van der Waals surface area contributed by atoms with E-state index in [-0.39, 0.29) is 0 Å². The summed E-state index contributed by atoms with van der Waals surface area (Å²) in [5.41, 5.74) is 0. The molecule has 0 rings (SSSR count). The van der Waals surface area contributed by atoms with Crippen LogP contribution in [0.15, 0.2) is 0 Å². The Hall–Kier alpha value is 0. The van der Waals surface area contributed by atoms with E-state index >= 15 is 0 Å². The summed E-state index contributed by atoms with van der Waals surface area (Å²) in [4.78, 5) is 0. The summed E-state index contributed by atoms with van der Waals surface area (Å²) in [5.74, 6) is 7.28. The highest BCUT2D eigenvalue weighted by atomic mass is 14.4. The number of hydrogen-bond donors (Lipinski definition) is 0. The molecule has 0 heteroatoms. The van der Waals surface area contributed by atoms with Crippen molar-refractivity contribution in [1.82, 2.24) is 0 Å². The number of hydrogen-bond acceptors (Lipinski definition) is 0. The van der Waals surface area contributed by atoms with Gasteiger partial charge in [-0.15, -0.1) is 0 Å². The van der Waals surface area contributed by atoms with Crippen LogP contribution in [-0.2, 0) is 0 Å². The molecule has 7 atom stereocenters. The molecule has 0 N–H and O–H groups in total. The minimum Gasteiger partial charge on any atom is -0.0625 e. The molecule has 0 saturated heterocycles. The lowest BCUT2D eigenvalue weighted by atomic mass is 9.66. The number of rotatable bonds is 8. The van der Waals surface area contributed by atoms with Crippen LogP contribution in [0.4, 0.5) is 0 Å². The third kappa shape index (κ3) is 5.08. The molecule has 0 saturated carbocycles. The van der Waals surface area contributed by atoms with Gasteiger partial charge in [-0.2, -0.15) is 0 Å². The Labute approximate surface area is 130 Å². The van der Waals surface area contributed by atoms with Gasteiger partial charge < -0.3 is 0 Å². The van der Waals surface area contributed by atoms with Gasteiger partial charge in [0.25, 0.3) is 0 Å². The maximum Gasteiger partial charge on any atom is -0.0386 e. The SMILES string of the molecule is CC(C)[C@@H](C)[C@@H](C)[C@@H](C)C(C)C(C)[C@H](C)[C@H](C)C(C)C. The monoisotopic (exact) mass is 282 g/mol. The summed E-state index contributed by atoms with van der Waals surface area (Å²) in [6.07, 6.45) is 0. The molecule has 0 radical (unpaired) electrons. The molecule has 0 spiro atoms. The predicted molar refractivity (Wildman–Crippen MR) is 93.8 cm³/mol. The van der Waals surface area contributed by atoms with Crippen LogP contribution >= 0.6 is 0 Å². The standard InChI is InChI=1S/C20H42/c1-12(2)14(5)16(7)18(9)20(11)19(10)17(8)15(6)13(3)4/h12-20H,1-11H3/t14-,15-,16-,17-,18-,19?,20?/m1/s1. The quantitative estimate of drug-likeness (QED) is 0.462. The van der Waals surface area contributed by atoms with Gasteiger partial charge in [-0.05, 0) is 53.3 Å². The van der Waals surface area contributed by atoms with Gasteiger partial charge in [0.1, 0.15) is 0 Å². The molecule has 0 aliphatic heterocycles. The van der Waals surface area contributed by atoms with E-state index in [0.29, 0.717) is 0 Å². The molecule has 0 aromatic heterocycles. The van der Waals surface area contributed by atoms with Crippen LogP contribution in [0.1, 0.15) is 76.2 Å². The molecule has 0 aliphatic carbocycles. The Morgan fingerprint density at radius 1 is 0.250 bits per heavy atom. The maximum atomic E-state index is 2.49. The van der Waals surface area contributed by atoms with E-state index in [1.807, 2.05) is 0 Å². The van der Waals surface area contributed by atoms with Crippen LogP contribution in [0.5, 0.6) is 0 Å². The molecule has 0 bridgehead atoms. The fourth-order valence-electron chi connectivity index (χ4n) is 3.61. The largest absolute Gasteiger partial charge is 0.0625 e. The average Bonchev–Trinajstić information content (AvgIpc) is 2.40. The Morgan fingerprint density at radius 3 is 0.550 bits per heavy atom. The lowest BCUT2D eigenvalue weighted by Crippen LogP contribution is -2.33. The highest BCUT2D eigenvalue weighted by Gasteiger charge is 2.32. The Morgan fingerprint density at radius 2 is 0.400 bits per heavy atom. The molecule has 2 unspecified atom stereocenters. The molecular formula is C20H42. The van der Waals surface area contributed by atoms with Crippen LogP contribution in [-0.4, -0.2) is 0 Å². The minimum absolute atomic E-state index is 0.793. The predicted octanol–water partition coefficient (Wildman–Crippen LogP) is 6.75. The zero-order valence-corrected chi connectivity index (χ0v) is 16.2. The molecule has 20 heavy (non-hydrogen) atoms. The van der Waals surface area contributed by atoms with Crippen LogP contribution in [0.25, 0.3) is 0 Å². The van der Waals surface area contributed by atoms with E-state index in [4.69, 9.17) is 0 Å². The van der Waals surface area contributed by atoms with E-state index in [2.05, 4.69) is 76.2 Å². The van der Waals surface area contributed by atoms with Crippen molar-refractivity contribution < 1.29 is 0 Å². The van der Waals surface area contributed by atoms with E-state index < -0.39 is 0 Å². The van der Waals surface area contributed by atoms with Crippen LogP contribution in [0.3, 0.4) is 0 Å².